The predicted molar refractivity (Wildman–Crippen MR) is 117 cm³/mol. The molecule has 0 saturated carbocycles. The van der Waals surface area contributed by atoms with Crippen LogP contribution in [0.3, 0.4) is 0 Å². The van der Waals surface area contributed by atoms with E-state index in [0.717, 1.165) is 22.2 Å². The quantitative estimate of drug-likeness (QED) is 0.494. The zero-order valence-corrected chi connectivity index (χ0v) is 17.4. The number of hydrogen-bond acceptors (Lipinski definition) is 5. The van der Waals surface area contributed by atoms with Crippen LogP contribution in [0, 0.1) is 19.7 Å². The summed E-state index contributed by atoms with van der Waals surface area (Å²) in [5.74, 6) is 0.625. The summed E-state index contributed by atoms with van der Waals surface area (Å²) in [4.78, 5) is 21.1. The molecule has 0 saturated heterocycles. The smallest absolute Gasteiger partial charge is 0.249 e. The number of hydrogen-bond donors (Lipinski definition) is 2. The molecule has 0 fully saturated rings. The third-order valence-corrected chi connectivity index (χ3v) is 5.07. The van der Waals surface area contributed by atoms with Gasteiger partial charge in [0.1, 0.15) is 5.82 Å². The van der Waals surface area contributed by atoms with Crippen LogP contribution in [-0.4, -0.2) is 27.6 Å². The molecule has 31 heavy (non-hydrogen) atoms. The second kappa shape index (κ2) is 8.06. The number of anilines is 1. The topological polar surface area (TPSA) is 95.1 Å². The van der Waals surface area contributed by atoms with E-state index >= 15 is 0 Å². The molecule has 4 aromatic rings. The van der Waals surface area contributed by atoms with Gasteiger partial charge in [0.25, 0.3) is 0 Å². The van der Waals surface area contributed by atoms with Gasteiger partial charge in [0.2, 0.25) is 11.9 Å². The van der Waals surface area contributed by atoms with Crippen molar-refractivity contribution in [2.75, 3.05) is 12.4 Å². The maximum atomic E-state index is 13.5. The van der Waals surface area contributed by atoms with Crippen LogP contribution in [0.2, 0.25) is 0 Å². The first-order chi connectivity index (χ1) is 14.9. The number of nitrogens with two attached hydrogens (primary N) is 1. The molecule has 2 aromatic heterocycles. The zero-order chi connectivity index (χ0) is 22.1. The van der Waals surface area contributed by atoms with E-state index in [0.29, 0.717) is 35.3 Å². The molecular formula is C23H22FN5O2. The molecular weight excluding hydrogens is 397 g/mol. The van der Waals surface area contributed by atoms with Crippen molar-refractivity contribution in [3.8, 4) is 11.7 Å². The maximum Gasteiger partial charge on any atom is 0.249 e. The molecule has 0 radical (unpaired) electrons. The molecule has 1 amide bonds. The Kier molecular flexibility index (Phi) is 5.29. The van der Waals surface area contributed by atoms with Gasteiger partial charge in [-0.05, 0) is 49.7 Å². The standard InChI is InChI=1S/C23H22FN5O2/c1-13-10-18-17(21(25)30)8-5-9-19(18)29(13)23-27-14(2)20(31-3)22(28-23)26-12-15-6-4-7-16(24)11-15/h4-11H,12H2,1-3H3,(H2,25,30)(H,26,27,28). The van der Waals surface area contributed by atoms with Gasteiger partial charge in [0, 0.05) is 23.2 Å². The SMILES string of the molecule is COc1c(C)nc(-n2c(C)cc3c(C(N)=O)cccc32)nc1NCc1cccc(F)c1. The van der Waals surface area contributed by atoms with Gasteiger partial charge >= 0.3 is 0 Å². The molecule has 0 atom stereocenters. The van der Waals surface area contributed by atoms with E-state index in [1.807, 2.05) is 36.6 Å². The van der Waals surface area contributed by atoms with Gasteiger partial charge in [0.05, 0.1) is 18.3 Å². The Morgan fingerprint density at radius 2 is 1.94 bits per heavy atom. The van der Waals surface area contributed by atoms with Gasteiger partial charge in [-0.1, -0.05) is 18.2 Å². The predicted octanol–water partition coefficient (Wildman–Crippen LogP) is 3.90. The fourth-order valence-electron chi connectivity index (χ4n) is 3.69. The second-order valence-electron chi connectivity index (χ2n) is 7.20. The molecule has 0 aliphatic rings. The number of halogens is 1. The Labute approximate surface area is 178 Å². The van der Waals surface area contributed by atoms with Crippen LogP contribution in [0.5, 0.6) is 5.75 Å². The van der Waals surface area contributed by atoms with Crippen LogP contribution < -0.4 is 15.8 Å². The van der Waals surface area contributed by atoms with Crippen LogP contribution in [0.4, 0.5) is 10.2 Å². The number of methoxy groups -OCH3 is 1. The molecule has 8 heteroatoms. The molecule has 3 N–H and O–H groups in total. The number of ether oxygens (including phenoxy) is 1. The minimum atomic E-state index is -0.493. The number of carbonyl (C=O) groups is 1. The van der Waals surface area contributed by atoms with Crippen LogP contribution >= 0.6 is 0 Å². The van der Waals surface area contributed by atoms with Gasteiger partial charge in [-0.25, -0.2) is 9.37 Å². The van der Waals surface area contributed by atoms with Gasteiger partial charge in [0.15, 0.2) is 11.6 Å². The molecule has 2 heterocycles. The zero-order valence-electron chi connectivity index (χ0n) is 17.4. The minimum Gasteiger partial charge on any atom is -0.491 e. The second-order valence-corrected chi connectivity index (χ2v) is 7.20. The van der Waals surface area contributed by atoms with Gasteiger partial charge in [-0.3, -0.25) is 9.36 Å². The van der Waals surface area contributed by atoms with E-state index in [-0.39, 0.29) is 5.82 Å². The lowest BCUT2D eigenvalue weighted by Gasteiger charge is -2.15. The average Bonchev–Trinajstić information content (AvgIpc) is 3.07. The summed E-state index contributed by atoms with van der Waals surface area (Å²) in [7, 11) is 1.55. The molecule has 0 aliphatic heterocycles. The van der Waals surface area contributed by atoms with E-state index < -0.39 is 5.91 Å². The Balaban J connectivity index is 1.80. The Bertz CT molecular complexity index is 1300. The number of carbonyl (C=O) groups excluding carboxylic acids is 1. The molecule has 2 aromatic carbocycles. The summed E-state index contributed by atoms with van der Waals surface area (Å²) in [5.41, 5.74) is 9.01. The summed E-state index contributed by atoms with van der Waals surface area (Å²) in [6, 6.07) is 13.6. The highest BCUT2D eigenvalue weighted by molar-refractivity contribution is 6.06. The van der Waals surface area contributed by atoms with Crippen molar-refractivity contribution >= 4 is 22.6 Å². The highest BCUT2D eigenvalue weighted by atomic mass is 19.1. The number of rotatable bonds is 6. The number of aryl methyl sites for hydroxylation is 2. The molecule has 4 rings (SSSR count). The van der Waals surface area contributed by atoms with Crippen LogP contribution in [-0.2, 0) is 6.54 Å². The summed E-state index contributed by atoms with van der Waals surface area (Å²) >= 11 is 0. The average molecular weight is 419 g/mol. The summed E-state index contributed by atoms with van der Waals surface area (Å²) < 4.78 is 20.9. The van der Waals surface area contributed by atoms with E-state index in [9.17, 15) is 9.18 Å². The van der Waals surface area contributed by atoms with E-state index in [4.69, 9.17) is 10.5 Å². The van der Waals surface area contributed by atoms with Gasteiger partial charge < -0.3 is 15.8 Å². The number of nitrogens with zero attached hydrogens (tertiary/aromatic N) is 3. The third-order valence-electron chi connectivity index (χ3n) is 5.07. The fraction of sp³-hybridized carbons (Fsp3) is 0.174. The third kappa shape index (κ3) is 3.79. The largest absolute Gasteiger partial charge is 0.491 e. The number of primary amides is 1. The lowest BCUT2D eigenvalue weighted by molar-refractivity contribution is 0.100. The summed E-state index contributed by atoms with van der Waals surface area (Å²) in [6.07, 6.45) is 0. The van der Waals surface area contributed by atoms with E-state index in [2.05, 4.69) is 15.3 Å². The lowest BCUT2D eigenvalue weighted by Crippen LogP contribution is -2.12. The van der Waals surface area contributed by atoms with Crippen molar-refractivity contribution in [2.45, 2.75) is 20.4 Å². The Morgan fingerprint density at radius 1 is 1.16 bits per heavy atom. The highest BCUT2D eigenvalue weighted by Crippen LogP contribution is 2.30. The Hall–Kier alpha value is -3.94. The molecule has 0 aliphatic carbocycles. The first kappa shape index (κ1) is 20.3. The van der Waals surface area contributed by atoms with Crippen molar-refractivity contribution in [3.63, 3.8) is 0 Å². The molecule has 158 valence electrons. The minimum absolute atomic E-state index is 0.300. The number of nitrogens with one attached hydrogen (secondary N) is 1. The number of fused-ring (bicyclic) bond motifs is 1. The van der Waals surface area contributed by atoms with Crippen LogP contribution in [0.15, 0.2) is 48.5 Å². The maximum absolute atomic E-state index is 13.5. The number of aromatic nitrogens is 3. The molecule has 0 unspecified atom stereocenters. The first-order valence-electron chi connectivity index (χ1n) is 9.71. The van der Waals surface area contributed by atoms with Gasteiger partial charge in [-0.15, -0.1) is 0 Å². The number of amides is 1. The van der Waals surface area contributed by atoms with E-state index in [1.165, 1.54) is 12.1 Å². The number of benzene rings is 2. The monoisotopic (exact) mass is 419 g/mol. The van der Waals surface area contributed by atoms with E-state index in [1.54, 1.807) is 25.3 Å². The summed E-state index contributed by atoms with van der Waals surface area (Å²) in [6.45, 7) is 4.10. The molecule has 0 bridgehead atoms. The molecule has 7 nitrogen and oxygen atoms in total. The van der Waals surface area contributed by atoms with Crippen LogP contribution in [0.25, 0.3) is 16.9 Å². The van der Waals surface area contributed by atoms with Crippen molar-refractivity contribution in [1.29, 1.82) is 0 Å². The normalized spacial score (nSPS) is 11.0. The van der Waals surface area contributed by atoms with Crippen molar-refractivity contribution in [2.24, 2.45) is 5.73 Å². The van der Waals surface area contributed by atoms with Crippen molar-refractivity contribution in [3.05, 3.63) is 76.9 Å². The van der Waals surface area contributed by atoms with Crippen LogP contribution in [0.1, 0.15) is 27.3 Å². The first-order valence-corrected chi connectivity index (χ1v) is 9.71. The Morgan fingerprint density at radius 3 is 2.65 bits per heavy atom. The highest BCUT2D eigenvalue weighted by Gasteiger charge is 2.18. The van der Waals surface area contributed by atoms with Crippen molar-refractivity contribution in [1.82, 2.24) is 14.5 Å². The molecule has 0 spiro atoms. The van der Waals surface area contributed by atoms with Crippen molar-refractivity contribution < 1.29 is 13.9 Å². The fourth-order valence-corrected chi connectivity index (χ4v) is 3.69. The van der Waals surface area contributed by atoms with Gasteiger partial charge in [-0.2, -0.15) is 4.98 Å². The summed E-state index contributed by atoms with van der Waals surface area (Å²) in [5, 5.41) is 3.95. The lowest BCUT2D eigenvalue weighted by atomic mass is 10.1.